The van der Waals surface area contributed by atoms with Gasteiger partial charge in [-0.3, -0.25) is 9.48 Å². The number of carbonyl (C=O) groups excluding carboxylic acids is 1. The van der Waals surface area contributed by atoms with Gasteiger partial charge in [0.05, 0.1) is 5.69 Å². The number of halogens is 4. The van der Waals surface area contributed by atoms with Crippen molar-refractivity contribution in [2.24, 2.45) is 7.05 Å². The number of nitrogens with one attached hydrogen (secondary N) is 1. The molecule has 0 bridgehead atoms. The Balaban J connectivity index is 1.89. The zero-order valence-corrected chi connectivity index (χ0v) is 15.7. The summed E-state index contributed by atoms with van der Waals surface area (Å²) >= 11 is 11.5. The second kappa shape index (κ2) is 7.54. The second-order valence-corrected chi connectivity index (χ2v) is 6.52. The standard InChI is InChI=1S/C18H13Cl2F2N3O2/c1-9-7-10(19)3-6-14(9)27-18-11(8-25(2)24-18)17(26)23-13-5-4-12(21)15(20)16(13)22/h3-8H,1-2H3,(H,23,26). The molecule has 0 saturated carbocycles. The van der Waals surface area contributed by atoms with Crippen LogP contribution in [0.3, 0.4) is 0 Å². The van der Waals surface area contributed by atoms with E-state index in [4.69, 9.17) is 27.9 Å². The van der Waals surface area contributed by atoms with Gasteiger partial charge in [-0.2, -0.15) is 0 Å². The molecule has 3 rings (SSSR count). The largest absolute Gasteiger partial charge is 0.437 e. The molecule has 0 aliphatic carbocycles. The van der Waals surface area contributed by atoms with Crippen LogP contribution < -0.4 is 10.1 Å². The summed E-state index contributed by atoms with van der Waals surface area (Å²) in [5.74, 6) is -2.19. The zero-order chi connectivity index (χ0) is 19.7. The number of amides is 1. The highest BCUT2D eigenvalue weighted by molar-refractivity contribution is 6.31. The maximum absolute atomic E-state index is 14.0. The van der Waals surface area contributed by atoms with Crippen LogP contribution >= 0.6 is 23.2 Å². The molecule has 0 atom stereocenters. The predicted molar refractivity (Wildman–Crippen MR) is 98.8 cm³/mol. The molecule has 27 heavy (non-hydrogen) atoms. The third kappa shape index (κ3) is 4.04. The highest BCUT2D eigenvalue weighted by Crippen LogP contribution is 2.30. The second-order valence-electron chi connectivity index (χ2n) is 5.71. The number of nitrogens with zero attached hydrogens (tertiary/aromatic N) is 2. The molecule has 140 valence electrons. The number of anilines is 1. The van der Waals surface area contributed by atoms with Crippen molar-refractivity contribution < 1.29 is 18.3 Å². The molecule has 0 aliphatic heterocycles. The molecule has 5 nitrogen and oxygen atoms in total. The number of aromatic nitrogens is 2. The topological polar surface area (TPSA) is 56.2 Å². The highest BCUT2D eigenvalue weighted by Gasteiger charge is 2.21. The number of hydrogen-bond donors (Lipinski definition) is 1. The fourth-order valence-corrected chi connectivity index (χ4v) is 2.73. The first-order valence-corrected chi connectivity index (χ1v) is 8.44. The summed E-state index contributed by atoms with van der Waals surface area (Å²) in [7, 11) is 1.60. The lowest BCUT2D eigenvalue weighted by Crippen LogP contribution is -2.13. The maximum Gasteiger partial charge on any atom is 0.262 e. The van der Waals surface area contributed by atoms with E-state index in [1.165, 1.54) is 10.9 Å². The fraction of sp³-hybridized carbons (Fsp3) is 0.111. The molecule has 1 heterocycles. The third-order valence-electron chi connectivity index (χ3n) is 3.67. The van der Waals surface area contributed by atoms with Crippen LogP contribution in [0.2, 0.25) is 10.0 Å². The van der Waals surface area contributed by atoms with E-state index >= 15 is 0 Å². The van der Waals surface area contributed by atoms with Crippen LogP contribution in [0, 0.1) is 18.6 Å². The van der Waals surface area contributed by atoms with Gasteiger partial charge >= 0.3 is 0 Å². The van der Waals surface area contributed by atoms with Crippen LogP contribution in [0.1, 0.15) is 15.9 Å². The van der Waals surface area contributed by atoms with Crippen molar-refractivity contribution >= 4 is 34.8 Å². The number of ether oxygens (including phenoxy) is 1. The summed E-state index contributed by atoms with van der Waals surface area (Å²) in [6.07, 6.45) is 1.42. The van der Waals surface area contributed by atoms with Gasteiger partial charge in [-0.15, -0.1) is 5.10 Å². The van der Waals surface area contributed by atoms with Crippen molar-refractivity contribution in [2.75, 3.05) is 5.32 Å². The summed E-state index contributed by atoms with van der Waals surface area (Å²) in [5, 5.41) is 6.29. The Morgan fingerprint density at radius 2 is 1.96 bits per heavy atom. The lowest BCUT2D eigenvalue weighted by molar-refractivity contribution is 0.102. The van der Waals surface area contributed by atoms with Crippen LogP contribution in [0.25, 0.3) is 0 Å². The molecule has 2 aromatic carbocycles. The Morgan fingerprint density at radius 3 is 2.67 bits per heavy atom. The fourth-order valence-electron chi connectivity index (χ4n) is 2.34. The molecular formula is C18H13Cl2F2N3O2. The SMILES string of the molecule is Cc1cc(Cl)ccc1Oc1nn(C)cc1C(=O)Nc1ccc(F)c(Cl)c1F. The summed E-state index contributed by atoms with van der Waals surface area (Å²) in [6.45, 7) is 1.79. The summed E-state index contributed by atoms with van der Waals surface area (Å²) in [4.78, 5) is 12.6. The van der Waals surface area contributed by atoms with Crippen LogP contribution in [0.15, 0.2) is 36.5 Å². The first-order valence-electron chi connectivity index (χ1n) is 7.68. The summed E-state index contributed by atoms with van der Waals surface area (Å²) in [5.41, 5.74) is 0.548. The molecule has 0 spiro atoms. The highest BCUT2D eigenvalue weighted by atomic mass is 35.5. The van der Waals surface area contributed by atoms with E-state index in [0.29, 0.717) is 10.8 Å². The Bertz CT molecular complexity index is 1040. The molecule has 3 aromatic rings. The monoisotopic (exact) mass is 411 g/mol. The van der Waals surface area contributed by atoms with Crippen LogP contribution in [0.5, 0.6) is 11.6 Å². The molecule has 0 fully saturated rings. The van der Waals surface area contributed by atoms with Gasteiger partial charge in [0, 0.05) is 18.3 Å². The lowest BCUT2D eigenvalue weighted by atomic mass is 10.2. The van der Waals surface area contributed by atoms with Crippen molar-refractivity contribution in [2.45, 2.75) is 6.92 Å². The van der Waals surface area contributed by atoms with Gasteiger partial charge in [0.1, 0.15) is 22.2 Å². The molecule has 9 heteroatoms. The molecule has 1 amide bonds. The van der Waals surface area contributed by atoms with E-state index in [0.717, 1.165) is 17.7 Å². The first-order chi connectivity index (χ1) is 12.8. The predicted octanol–water partition coefficient (Wildman–Crippen LogP) is 5.36. The van der Waals surface area contributed by atoms with Gasteiger partial charge in [0.25, 0.3) is 11.8 Å². The minimum atomic E-state index is -1.06. The van der Waals surface area contributed by atoms with Gasteiger partial charge < -0.3 is 10.1 Å². The van der Waals surface area contributed by atoms with Gasteiger partial charge in [-0.05, 0) is 42.8 Å². The molecule has 1 N–H and O–H groups in total. The number of hydrogen-bond acceptors (Lipinski definition) is 3. The van der Waals surface area contributed by atoms with E-state index < -0.39 is 22.6 Å². The molecule has 0 radical (unpaired) electrons. The zero-order valence-electron chi connectivity index (χ0n) is 14.2. The molecule has 0 aliphatic rings. The van der Waals surface area contributed by atoms with Gasteiger partial charge in [-0.25, -0.2) is 8.78 Å². The van der Waals surface area contributed by atoms with Gasteiger partial charge in [-0.1, -0.05) is 23.2 Å². The Kier molecular flexibility index (Phi) is 5.34. The molecule has 1 aromatic heterocycles. The van der Waals surface area contributed by atoms with Crippen molar-refractivity contribution in [3.63, 3.8) is 0 Å². The summed E-state index contributed by atoms with van der Waals surface area (Å²) in [6, 6.07) is 7.03. The Morgan fingerprint density at radius 1 is 1.22 bits per heavy atom. The average molecular weight is 412 g/mol. The average Bonchev–Trinajstić information content (AvgIpc) is 2.98. The van der Waals surface area contributed by atoms with Crippen molar-refractivity contribution in [3.05, 3.63) is 69.3 Å². The van der Waals surface area contributed by atoms with Crippen LogP contribution in [-0.4, -0.2) is 15.7 Å². The Labute approximate surface area is 163 Å². The van der Waals surface area contributed by atoms with E-state index in [1.807, 2.05) is 0 Å². The van der Waals surface area contributed by atoms with Crippen LogP contribution in [0.4, 0.5) is 14.5 Å². The normalized spacial score (nSPS) is 10.7. The summed E-state index contributed by atoms with van der Waals surface area (Å²) < 4.78 is 34.4. The van der Waals surface area contributed by atoms with E-state index in [1.54, 1.807) is 32.2 Å². The number of carbonyl (C=O) groups is 1. The maximum atomic E-state index is 14.0. The minimum Gasteiger partial charge on any atom is -0.437 e. The first kappa shape index (κ1) is 19.1. The van der Waals surface area contributed by atoms with E-state index in [9.17, 15) is 13.6 Å². The van der Waals surface area contributed by atoms with E-state index in [-0.39, 0.29) is 17.1 Å². The number of benzene rings is 2. The van der Waals surface area contributed by atoms with Crippen molar-refractivity contribution in [1.29, 1.82) is 0 Å². The lowest BCUT2D eigenvalue weighted by Gasteiger charge is -2.10. The smallest absolute Gasteiger partial charge is 0.262 e. The van der Waals surface area contributed by atoms with Crippen LogP contribution in [-0.2, 0) is 7.05 Å². The number of aryl methyl sites for hydroxylation is 2. The third-order valence-corrected chi connectivity index (χ3v) is 4.25. The minimum absolute atomic E-state index is 0.0223. The van der Waals surface area contributed by atoms with Crippen molar-refractivity contribution in [3.8, 4) is 11.6 Å². The van der Waals surface area contributed by atoms with Gasteiger partial charge in [0.15, 0.2) is 5.82 Å². The molecule has 0 unspecified atom stereocenters. The quantitative estimate of drug-likeness (QED) is 0.588. The molecular weight excluding hydrogens is 399 g/mol. The Hall–Kier alpha value is -2.64. The number of rotatable bonds is 4. The van der Waals surface area contributed by atoms with Gasteiger partial charge in [0.2, 0.25) is 0 Å². The van der Waals surface area contributed by atoms with E-state index in [2.05, 4.69) is 10.4 Å². The van der Waals surface area contributed by atoms with Crippen molar-refractivity contribution in [1.82, 2.24) is 9.78 Å². The molecule has 0 saturated heterocycles.